The van der Waals surface area contributed by atoms with Gasteiger partial charge in [-0.1, -0.05) is 63.8 Å². The predicted octanol–water partition coefficient (Wildman–Crippen LogP) is 5.86. The summed E-state index contributed by atoms with van der Waals surface area (Å²) in [6.07, 6.45) is 6.27. The number of carbonyl (C=O) groups excluding carboxylic acids is 1. The van der Waals surface area contributed by atoms with Crippen molar-refractivity contribution < 1.29 is 14.3 Å². The Labute approximate surface area is 151 Å². The molecule has 0 aliphatic carbocycles. The van der Waals surface area contributed by atoms with Gasteiger partial charge in [0.1, 0.15) is 5.75 Å². The molecule has 0 aliphatic rings. The highest BCUT2D eigenvalue weighted by Gasteiger charge is 2.10. The first-order valence-corrected chi connectivity index (χ1v) is 9.37. The smallest absolute Gasteiger partial charge is 0.305 e. The van der Waals surface area contributed by atoms with E-state index in [0.29, 0.717) is 13.0 Å². The van der Waals surface area contributed by atoms with Crippen molar-refractivity contribution in [2.75, 3.05) is 13.7 Å². The summed E-state index contributed by atoms with van der Waals surface area (Å²) in [6.45, 7) is 4.73. The van der Waals surface area contributed by atoms with Crippen LogP contribution < -0.4 is 4.74 Å². The molecule has 0 spiro atoms. The molecule has 0 saturated heterocycles. The Hall–Kier alpha value is -2.03. The summed E-state index contributed by atoms with van der Waals surface area (Å²) < 4.78 is 10.7. The molecule has 0 N–H and O–H groups in total. The number of carbonyl (C=O) groups is 1. The molecule has 0 aromatic heterocycles. The Bertz CT molecular complexity index is 678. The number of benzene rings is 2. The van der Waals surface area contributed by atoms with Crippen LogP contribution in [0.3, 0.4) is 0 Å². The number of unbranched alkanes of at least 4 members (excludes halogenated alkanes) is 4. The lowest BCUT2D eigenvalue weighted by atomic mass is 9.98. The highest BCUT2D eigenvalue weighted by Crippen LogP contribution is 2.25. The zero-order valence-electron chi connectivity index (χ0n) is 15.7. The molecule has 0 bridgehead atoms. The van der Waals surface area contributed by atoms with E-state index >= 15 is 0 Å². The SMILES string of the molecule is CCCCCCCC(=O)OC[C@@H](C)c1ccc2cc(OC)ccc2c1. The Morgan fingerprint density at radius 3 is 2.48 bits per heavy atom. The van der Waals surface area contributed by atoms with E-state index in [9.17, 15) is 4.79 Å². The van der Waals surface area contributed by atoms with E-state index in [0.717, 1.165) is 24.0 Å². The van der Waals surface area contributed by atoms with Crippen LogP contribution in [0, 0.1) is 0 Å². The molecular weight excluding hydrogens is 312 g/mol. The van der Waals surface area contributed by atoms with Gasteiger partial charge in [0.05, 0.1) is 13.7 Å². The number of fused-ring (bicyclic) bond motifs is 1. The van der Waals surface area contributed by atoms with E-state index in [2.05, 4.69) is 38.1 Å². The van der Waals surface area contributed by atoms with Gasteiger partial charge in [-0.25, -0.2) is 0 Å². The average Bonchev–Trinajstić information content (AvgIpc) is 2.65. The predicted molar refractivity (Wildman–Crippen MR) is 103 cm³/mol. The molecule has 2 aromatic rings. The summed E-state index contributed by atoms with van der Waals surface area (Å²) in [4.78, 5) is 11.9. The zero-order chi connectivity index (χ0) is 18.1. The molecule has 0 saturated carbocycles. The van der Waals surface area contributed by atoms with Gasteiger partial charge in [0, 0.05) is 12.3 Å². The molecule has 2 rings (SSSR count). The summed E-state index contributed by atoms with van der Waals surface area (Å²) >= 11 is 0. The zero-order valence-corrected chi connectivity index (χ0v) is 15.7. The van der Waals surface area contributed by atoms with Crippen LogP contribution in [0.4, 0.5) is 0 Å². The maximum Gasteiger partial charge on any atom is 0.305 e. The van der Waals surface area contributed by atoms with Crippen molar-refractivity contribution in [2.45, 2.75) is 58.3 Å². The van der Waals surface area contributed by atoms with Crippen LogP contribution in [0.5, 0.6) is 5.75 Å². The van der Waals surface area contributed by atoms with E-state index in [1.165, 1.54) is 30.2 Å². The van der Waals surface area contributed by atoms with Crippen LogP contribution in [0.1, 0.15) is 63.9 Å². The number of ether oxygens (including phenoxy) is 2. The first kappa shape index (κ1) is 19.3. The Morgan fingerprint density at radius 2 is 1.72 bits per heavy atom. The molecule has 136 valence electrons. The number of methoxy groups -OCH3 is 1. The largest absolute Gasteiger partial charge is 0.497 e. The van der Waals surface area contributed by atoms with Gasteiger partial charge < -0.3 is 9.47 Å². The fraction of sp³-hybridized carbons (Fsp3) is 0.500. The standard InChI is InChI=1S/C22H30O3/c1-4-5-6-7-8-9-22(23)25-16-17(2)18-10-11-20-15-21(24-3)13-12-19(20)14-18/h10-15,17H,4-9,16H2,1-3H3/t17-/m1/s1. The lowest BCUT2D eigenvalue weighted by Gasteiger charge is -2.14. The maximum atomic E-state index is 11.9. The molecule has 0 heterocycles. The summed E-state index contributed by atoms with van der Waals surface area (Å²) in [5.74, 6) is 0.977. The Balaban J connectivity index is 1.83. The van der Waals surface area contributed by atoms with E-state index in [1.807, 2.05) is 12.1 Å². The molecule has 2 aromatic carbocycles. The summed E-state index contributed by atoms with van der Waals surface area (Å²) in [6, 6.07) is 12.4. The monoisotopic (exact) mass is 342 g/mol. The van der Waals surface area contributed by atoms with Crippen LogP contribution in [-0.4, -0.2) is 19.7 Å². The minimum absolute atomic E-state index is 0.0751. The van der Waals surface area contributed by atoms with E-state index in [4.69, 9.17) is 9.47 Å². The third kappa shape index (κ3) is 6.08. The van der Waals surface area contributed by atoms with Crippen LogP contribution in [0.25, 0.3) is 10.8 Å². The fourth-order valence-corrected chi connectivity index (χ4v) is 2.94. The van der Waals surface area contributed by atoms with Crippen molar-refractivity contribution >= 4 is 16.7 Å². The second-order valence-corrected chi connectivity index (χ2v) is 6.72. The summed E-state index contributed by atoms with van der Waals surface area (Å²) in [5.41, 5.74) is 1.19. The van der Waals surface area contributed by atoms with Gasteiger partial charge in [-0.3, -0.25) is 4.79 Å². The minimum Gasteiger partial charge on any atom is -0.497 e. The fourth-order valence-electron chi connectivity index (χ4n) is 2.94. The van der Waals surface area contributed by atoms with E-state index in [1.54, 1.807) is 7.11 Å². The van der Waals surface area contributed by atoms with Crippen molar-refractivity contribution in [3.05, 3.63) is 42.0 Å². The molecule has 0 aliphatic heterocycles. The van der Waals surface area contributed by atoms with Crippen molar-refractivity contribution in [2.24, 2.45) is 0 Å². The third-order valence-corrected chi connectivity index (χ3v) is 4.62. The van der Waals surface area contributed by atoms with Crippen molar-refractivity contribution in [3.8, 4) is 5.75 Å². The summed E-state index contributed by atoms with van der Waals surface area (Å²) in [5, 5.41) is 2.33. The third-order valence-electron chi connectivity index (χ3n) is 4.62. The summed E-state index contributed by atoms with van der Waals surface area (Å²) in [7, 11) is 1.68. The van der Waals surface area contributed by atoms with Gasteiger partial charge in [0.2, 0.25) is 0 Å². The molecule has 0 unspecified atom stereocenters. The van der Waals surface area contributed by atoms with Gasteiger partial charge in [-0.05, 0) is 34.9 Å². The second-order valence-electron chi connectivity index (χ2n) is 6.72. The number of hydrogen-bond donors (Lipinski definition) is 0. The first-order chi connectivity index (χ1) is 12.1. The van der Waals surface area contributed by atoms with Gasteiger partial charge in [0.15, 0.2) is 0 Å². The minimum atomic E-state index is -0.0751. The Morgan fingerprint density at radius 1 is 1.00 bits per heavy atom. The van der Waals surface area contributed by atoms with Crippen molar-refractivity contribution in [1.29, 1.82) is 0 Å². The lowest BCUT2D eigenvalue weighted by Crippen LogP contribution is -2.10. The molecule has 0 radical (unpaired) electrons. The molecule has 3 heteroatoms. The topological polar surface area (TPSA) is 35.5 Å². The van der Waals surface area contributed by atoms with Gasteiger partial charge >= 0.3 is 5.97 Å². The van der Waals surface area contributed by atoms with Crippen molar-refractivity contribution in [3.63, 3.8) is 0 Å². The molecular formula is C22H30O3. The van der Waals surface area contributed by atoms with Gasteiger partial charge in [0.25, 0.3) is 0 Å². The molecule has 1 atom stereocenters. The number of rotatable bonds is 10. The van der Waals surface area contributed by atoms with Crippen LogP contribution in [-0.2, 0) is 9.53 Å². The lowest BCUT2D eigenvalue weighted by molar-refractivity contribution is -0.144. The van der Waals surface area contributed by atoms with Crippen LogP contribution >= 0.6 is 0 Å². The first-order valence-electron chi connectivity index (χ1n) is 9.37. The second kappa shape index (κ2) is 10.1. The highest BCUT2D eigenvalue weighted by atomic mass is 16.5. The van der Waals surface area contributed by atoms with E-state index in [-0.39, 0.29) is 11.9 Å². The highest BCUT2D eigenvalue weighted by molar-refractivity contribution is 5.84. The van der Waals surface area contributed by atoms with Crippen LogP contribution in [0.15, 0.2) is 36.4 Å². The molecule has 25 heavy (non-hydrogen) atoms. The maximum absolute atomic E-state index is 11.9. The quantitative estimate of drug-likeness (QED) is 0.401. The van der Waals surface area contributed by atoms with Crippen LogP contribution in [0.2, 0.25) is 0 Å². The molecule has 0 amide bonds. The van der Waals surface area contributed by atoms with Gasteiger partial charge in [-0.2, -0.15) is 0 Å². The normalized spacial score (nSPS) is 12.1. The van der Waals surface area contributed by atoms with Gasteiger partial charge in [-0.15, -0.1) is 0 Å². The number of hydrogen-bond acceptors (Lipinski definition) is 3. The molecule has 3 nitrogen and oxygen atoms in total. The average molecular weight is 342 g/mol. The van der Waals surface area contributed by atoms with E-state index < -0.39 is 0 Å². The molecule has 0 fully saturated rings. The number of esters is 1. The van der Waals surface area contributed by atoms with Crippen molar-refractivity contribution in [1.82, 2.24) is 0 Å². The Kier molecular flexibility index (Phi) is 7.77.